The van der Waals surface area contributed by atoms with Crippen LogP contribution in [0.4, 0.5) is 5.82 Å². The Bertz CT molecular complexity index is 1040. The maximum absolute atomic E-state index is 12.7. The number of fused-ring (bicyclic) bond motifs is 1. The number of amides is 1. The molecule has 6 nitrogen and oxygen atoms in total. The van der Waals surface area contributed by atoms with Crippen LogP contribution in [0.5, 0.6) is 0 Å². The molecule has 1 atom stereocenters. The Balaban J connectivity index is 1.83. The zero-order chi connectivity index (χ0) is 19.0. The lowest BCUT2D eigenvalue weighted by molar-refractivity contribution is -0.115. The number of rotatable bonds is 4. The van der Waals surface area contributed by atoms with Crippen molar-refractivity contribution in [3.8, 4) is 0 Å². The summed E-state index contributed by atoms with van der Waals surface area (Å²) in [6, 6.07) is 3.29. The quantitative estimate of drug-likeness (QED) is 0.525. The summed E-state index contributed by atoms with van der Waals surface area (Å²) in [5.74, 6) is 0.200. The molecule has 3 aromatic rings. The summed E-state index contributed by atoms with van der Waals surface area (Å²) in [7, 11) is 1.68. The van der Waals surface area contributed by atoms with E-state index < -0.39 is 5.25 Å². The lowest BCUT2D eigenvalue weighted by atomic mass is 10.2. The Hall–Kier alpha value is -1.90. The Morgan fingerprint density at radius 2 is 2.12 bits per heavy atom. The second-order valence-electron chi connectivity index (χ2n) is 5.83. The first-order valence-corrected chi connectivity index (χ1v) is 9.91. The zero-order valence-corrected chi connectivity index (χ0v) is 17.1. The van der Waals surface area contributed by atoms with E-state index in [1.54, 1.807) is 26.1 Å². The van der Waals surface area contributed by atoms with Gasteiger partial charge in [-0.1, -0.05) is 23.4 Å². The van der Waals surface area contributed by atoms with E-state index in [1.165, 1.54) is 33.9 Å². The van der Waals surface area contributed by atoms with Crippen LogP contribution in [0.3, 0.4) is 0 Å². The summed E-state index contributed by atoms with van der Waals surface area (Å²) in [4.78, 5) is 35.5. The van der Waals surface area contributed by atoms with Gasteiger partial charge in [-0.3, -0.25) is 14.2 Å². The SMILES string of the molecule is Cc1sc2nc(SC(C)C(=O)Nc3ccc(Cl)cn3)n(C)c(=O)c2c1C. The molecule has 0 saturated carbocycles. The molecule has 0 bridgehead atoms. The Morgan fingerprint density at radius 1 is 1.38 bits per heavy atom. The van der Waals surface area contributed by atoms with Gasteiger partial charge in [0, 0.05) is 18.1 Å². The highest BCUT2D eigenvalue weighted by Crippen LogP contribution is 2.29. The maximum atomic E-state index is 12.7. The van der Waals surface area contributed by atoms with Crippen LogP contribution in [-0.2, 0) is 11.8 Å². The highest BCUT2D eigenvalue weighted by Gasteiger charge is 2.20. The van der Waals surface area contributed by atoms with E-state index in [1.807, 2.05) is 13.8 Å². The van der Waals surface area contributed by atoms with Crippen LogP contribution in [0.15, 0.2) is 28.3 Å². The van der Waals surface area contributed by atoms with Gasteiger partial charge in [-0.2, -0.15) is 0 Å². The highest BCUT2D eigenvalue weighted by molar-refractivity contribution is 8.00. The number of aromatic nitrogens is 3. The van der Waals surface area contributed by atoms with Crippen molar-refractivity contribution in [1.29, 1.82) is 0 Å². The van der Waals surface area contributed by atoms with E-state index in [-0.39, 0.29) is 11.5 Å². The third kappa shape index (κ3) is 3.62. The zero-order valence-electron chi connectivity index (χ0n) is 14.7. The van der Waals surface area contributed by atoms with E-state index in [0.717, 1.165) is 10.4 Å². The van der Waals surface area contributed by atoms with Gasteiger partial charge in [-0.05, 0) is 38.5 Å². The molecule has 136 valence electrons. The predicted molar refractivity (Wildman–Crippen MR) is 108 cm³/mol. The maximum Gasteiger partial charge on any atom is 0.262 e. The van der Waals surface area contributed by atoms with Crippen molar-refractivity contribution in [2.45, 2.75) is 31.2 Å². The summed E-state index contributed by atoms with van der Waals surface area (Å²) < 4.78 is 1.50. The van der Waals surface area contributed by atoms with Gasteiger partial charge >= 0.3 is 0 Å². The van der Waals surface area contributed by atoms with E-state index in [4.69, 9.17) is 11.6 Å². The molecule has 0 radical (unpaired) electrons. The van der Waals surface area contributed by atoms with E-state index in [2.05, 4.69) is 15.3 Å². The summed E-state index contributed by atoms with van der Waals surface area (Å²) in [5, 5.41) is 3.94. The van der Waals surface area contributed by atoms with Gasteiger partial charge in [0.1, 0.15) is 10.6 Å². The fourth-order valence-electron chi connectivity index (χ4n) is 2.35. The van der Waals surface area contributed by atoms with Crippen LogP contribution in [0.1, 0.15) is 17.4 Å². The van der Waals surface area contributed by atoms with Crippen molar-refractivity contribution in [3.63, 3.8) is 0 Å². The molecule has 26 heavy (non-hydrogen) atoms. The minimum atomic E-state index is -0.454. The molecule has 9 heteroatoms. The summed E-state index contributed by atoms with van der Waals surface area (Å²) >= 11 is 8.52. The third-order valence-electron chi connectivity index (χ3n) is 4.00. The molecule has 0 fully saturated rings. The number of carbonyl (C=O) groups is 1. The number of nitrogens with zero attached hydrogens (tertiary/aromatic N) is 3. The number of nitrogens with one attached hydrogen (secondary N) is 1. The minimum Gasteiger partial charge on any atom is -0.310 e. The molecule has 0 aliphatic carbocycles. The number of carbonyl (C=O) groups excluding carboxylic acids is 1. The molecule has 3 aromatic heterocycles. The van der Waals surface area contributed by atoms with Crippen molar-refractivity contribution in [1.82, 2.24) is 14.5 Å². The van der Waals surface area contributed by atoms with Crippen molar-refractivity contribution in [3.05, 3.63) is 44.1 Å². The molecule has 0 aliphatic rings. The number of thioether (sulfide) groups is 1. The normalized spacial score (nSPS) is 12.3. The number of halogens is 1. The molecular formula is C17H17ClN4O2S2. The van der Waals surface area contributed by atoms with Gasteiger partial charge in [0.15, 0.2) is 5.16 Å². The van der Waals surface area contributed by atoms with Gasteiger partial charge < -0.3 is 5.32 Å². The van der Waals surface area contributed by atoms with E-state index in [9.17, 15) is 9.59 Å². The second-order valence-corrected chi connectivity index (χ2v) is 8.78. The number of hydrogen-bond acceptors (Lipinski definition) is 6. The molecule has 0 aromatic carbocycles. The van der Waals surface area contributed by atoms with Crippen LogP contribution in [0, 0.1) is 13.8 Å². The minimum absolute atomic E-state index is 0.0914. The molecule has 0 aliphatic heterocycles. The Kier molecular flexibility index (Phi) is 5.36. The van der Waals surface area contributed by atoms with Crippen molar-refractivity contribution in [2.75, 3.05) is 5.32 Å². The number of hydrogen-bond donors (Lipinski definition) is 1. The summed E-state index contributed by atoms with van der Waals surface area (Å²) in [5.41, 5.74) is 0.876. The largest absolute Gasteiger partial charge is 0.310 e. The molecule has 1 N–H and O–H groups in total. The third-order valence-corrected chi connectivity index (χ3v) is 6.47. The van der Waals surface area contributed by atoms with E-state index >= 15 is 0 Å². The van der Waals surface area contributed by atoms with Crippen molar-refractivity contribution >= 4 is 56.6 Å². The fourth-order valence-corrected chi connectivity index (χ4v) is 4.41. The highest BCUT2D eigenvalue weighted by atomic mass is 35.5. The first-order chi connectivity index (χ1) is 12.3. The standard InChI is InChI=1S/C17H17ClN4O2S2/c1-8-9(2)25-15-13(8)16(24)22(4)17(21-15)26-10(3)14(23)20-12-6-5-11(18)7-19-12/h5-7,10H,1-4H3,(H,19,20,23). The Morgan fingerprint density at radius 3 is 2.77 bits per heavy atom. The van der Waals surface area contributed by atoms with Crippen molar-refractivity contribution in [2.24, 2.45) is 7.05 Å². The van der Waals surface area contributed by atoms with Gasteiger partial charge in [0.25, 0.3) is 5.56 Å². The molecular weight excluding hydrogens is 392 g/mol. The molecule has 0 spiro atoms. The number of aryl methyl sites for hydroxylation is 2. The average Bonchev–Trinajstić information content (AvgIpc) is 2.88. The average molecular weight is 409 g/mol. The van der Waals surface area contributed by atoms with Gasteiger partial charge in [-0.25, -0.2) is 9.97 Å². The van der Waals surface area contributed by atoms with Crippen LogP contribution >= 0.6 is 34.7 Å². The number of anilines is 1. The molecule has 1 amide bonds. The van der Waals surface area contributed by atoms with Crippen LogP contribution in [-0.4, -0.2) is 25.7 Å². The monoisotopic (exact) mass is 408 g/mol. The predicted octanol–water partition coefficient (Wildman–Crippen LogP) is 3.78. The number of thiophene rings is 1. The summed E-state index contributed by atoms with van der Waals surface area (Å²) in [6.07, 6.45) is 1.47. The van der Waals surface area contributed by atoms with Crippen LogP contribution in [0.25, 0.3) is 10.2 Å². The molecule has 3 rings (SSSR count). The summed E-state index contributed by atoms with van der Waals surface area (Å²) in [6.45, 7) is 5.67. The van der Waals surface area contributed by atoms with Gasteiger partial charge in [0.05, 0.1) is 15.7 Å². The lowest BCUT2D eigenvalue weighted by Gasteiger charge is -2.13. The number of pyridine rings is 1. The van der Waals surface area contributed by atoms with Crippen LogP contribution in [0.2, 0.25) is 5.02 Å². The molecule has 3 heterocycles. The van der Waals surface area contributed by atoms with E-state index in [0.29, 0.717) is 26.2 Å². The first-order valence-electron chi connectivity index (χ1n) is 7.83. The Labute approximate surface area is 163 Å². The van der Waals surface area contributed by atoms with Gasteiger partial charge in [0.2, 0.25) is 5.91 Å². The van der Waals surface area contributed by atoms with Crippen LogP contribution < -0.4 is 10.9 Å². The van der Waals surface area contributed by atoms with Gasteiger partial charge in [-0.15, -0.1) is 11.3 Å². The first kappa shape index (κ1) is 18.9. The molecule has 0 saturated heterocycles. The smallest absolute Gasteiger partial charge is 0.262 e. The van der Waals surface area contributed by atoms with Crippen molar-refractivity contribution < 1.29 is 4.79 Å². The topological polar surface area (TPSA) is 76.9 Å². The molecule has 1 unspecified atom stereocenters. The lowest BCUT2D eigenvalue weighted by Crippen LogP contribution is -2.25. The fraction of sp³-hybridized carbons (Fsp3) is 0.294. The second kappa shape index (κ2) is 7.38.